The molecular formula is C43H41AgCl3F3N3O9P2S+. The zero-order valence-electron chi connectivity index (χ0n) is 34.0. The van der Waals surface area contributed by atoms with E-state index in [1.165, 1.54) is 40.2 Å². The summed E-state index contributed by atoms with van der Waals surface area (Å²) < 4.78 is 83.9. The fraction of sp³-hybridized carbons (Fsp3) is 0.140. The Hall–Kier alpha value is -4.28. The monoisotopic (exact) mass is 1110 g/mol. The molecule has 1 amide bonds. The summed E-state index contributed by atoms with van der Waals surface area (Å²) in [4.78, 5) is 22.8. The molecule has 0 heterocycles. The van der Waals surface area contributed by atoms with E-state index in [9.17, 15) is 32.6 Å². The molecule has 12 nitrogen and oxygen atoms in total. The molecule has 0 aliphatic rings. The van der Waals surface area contributed by atoms with Gasteiger partial charge in [0.05, 0.1) is 12.8 Å². The van der Waals surface area contributed by atoms with Crippen molar-refractivity contribution in [3.63, 3.8) is 0 Å². The summed E-state index contributed by atoms with van der Waals surface area (Å²) in [5.74, 6) is -1.04. The van der Waals surface area contributed by atoms with Crippen LogP contribution < -0.4 is 35.8 Å². The number of hydrogen-bond acceptors (Lipinski definition) is 10. The van der Waals surface area contributed by atoms with E-state index in [0.717, 1.165) is 0 Å². The number of nitro groups is 1. The predicted octanol–water partition coefficient (Wildman–Crippen LogP) is 10.4. The molecule has 0 saturated heterocycles. The SMILES string of the molecule is CC(C)[C@@H](NNC(=O)c1ccc([N+](=O)[O-])cc1)P(=O)(Oc1ccccc1)Oc1ccccc1.ClC(Cl)Cl.O=S(=O)([O-])C(F)(F)F.[Ag+].c1ccc([PH+](c2ccccc2)c2ccccc2)cc1. The molecule has 0 aliphatic heterocycles. The van der Waals surface area contributed by atoms with Gasteiger partial charge in [-0.1, -0.05) is 140 Å². The molecule has 0 spiro atoms. The van der Waals surface area contributed by atoms with Gasteiger partial charge in [-0.15, -0.1) is 0 Å². The number of non-ortho nitro benzene ring substituents is 1. The third-order valence-corrected chi connectivity index (χ3v) is 13.7. The summed E-state index contributed by atoms with van der Waals surface area (Å²) >= 11 is 14.4. The quantitative estimate of drug-likeness (QED) is 0.0215. The first-order chi connectivity index (χ1) is 30.2. The van der Waals surface area contributed by atoms with Crippen LogP contribution in [-0.4, -0.2) is 39.4 Å². The second-order valence-corrected chi connectivity index (χ2v) is 20.9. The molecule has 0 radical (unpaired) electrons. The van der Waals surface area contributed by atoms with Gasteiger partial charge < -0.3 is 13.6 Å². The number of para-hydroxylation sites is 2. The third-order valence-electron chi connectivity index (χ3n) is 8.07. The number of nitro benzene ring substituents is 1. The predicted molar refractivity (Wildman–Crippen MR) is 248 cm³/mol. The summed E-state index contributed by atoms with van der Waals surface area (Å²) in [5.41, 5.74) is -0.276. The normalized spacial score (nSPS) is 11.5. The van der Waals surface area contributed by atoms with E-state index >= 15 is 0 Å². The molecule has 2 N–H and O–H groups in total. The largest absolute Gasteiger partial charge is 1.00 e. The number of hydrogen-bond donors (Lipinski definition) is 2. The minimum atomic E-state index is -6.09. The van der Waals surface area contributed by atoms with Crippen LogP contribution >= 0.6 is 50.3 Å². The molecule has 65 heavy (non-hydrogen) atoms. The van der Waals surface area contributed by atoms with Gasteiger partial charge in [0.25, 0.3) is 11.6 Å². The maximum absolute atomic E-state index is 14.0. The van der Waals surface area contributed by atoms with E-state index in [4.69, 9.17) is 56.8 Å². The van der Waals surface area contributed by atoms with Crippen LogP contribution in [0.5, 0.6) is 11.5 Å². The fourth-order valence-corrected chi connectivity index (χ4v) is 9.89. The number of nitrogens with one attached hydrogen (secondary N) is 2. The Morgan fingerprint density at radius 1 is 0.677 bits per heavy atom. The first-order valence-electron chi connectivity index (χ1n) is 18.6. The van der Waals surface area contributed by atoms with E-state index in [-0.39, 0.29) is 39.5 Å². The summed E-state index contributed by atoms with van der Waals surface area (Å²) in [6.45, 7) is 3.62. The summed E-state index contributed by atoms with van der Waals surface area (Å²) in [6, 6.07) is 54.9. The smallest absolute Gasteiger partial charge is 0.741 e. The average Bonchev–Trinajstić information content (AvgIpc) is 3.25. The van der Waals surface area contributed by atoms with Gasteiger partial charge in [0.2, 0.25) is 0 Å². The molecular weight excluding hydrogens is 1070 g/mol. The van der Waals surface area contributed by atoms with Crippen LogP contribution in [0, 0.1) is 16.0 Å². The van der Waals surface area contributed by atoms with Crippen molar-refractivity contribution >= 4 is 87.9 Å². The van der Waals surface area contributed by atoms with Gasteiger partial charge >= 0.3 is 35.5 Å². The van der Waals surface area contributed by atoms with Crippen LogP contribution in [0.3, 0.4) is 0 Å². The average molecular weight is 1110 g/mol. The van der Waals surface area contributed by atoms with Crippen LogP contribution in [-0.2, 0) is 37.1 Å². The van der Waals surface area contributed by atoms with Gasteiger partial charge in [0, 0.05) is 17.7 Å². The van der Waals surface area contributed by atoms with Gasteiger partial charge in [0.1, 0.15) is 27.4 Å². The van der Waals surface area contributed by atoms with Gasteiger partial charge in [-0.25, -0.2) is 18.4 Å². The zero-order valence-corrected chi connectivity index (χ0v) is 40.5. The maximum atomic E-state index is 14.0. The summed E-state index contributed by atoms with van der Waals surface area (Å²) in [6.07, 6.45) is 0. The van der Waals surface area contributed by atoms with Crippen molar-refractivity contribution in [1.82, 2.24) is 10.9 Å². The Labute approximate surface area is 406 Å². The van der Waals surface area contributed by atoms with Crippen molar-refractivity contribution in [2.45, 2.75) is 29.4 Å². The van der Waals surface area contributed by atoms with Crippen LogP contribution in [0.4, 0.5) is 18.9 Å². The molecule has 0 aromatic heterocycles. The number of halogens is 6. The molecule has 22 heteroatoms. The fourth-order valence-electron chi connectivity index (χ4n) is 5.26. The van der Waals surface area contributed by atoms with E-state index in [1.807, 2.05) is 13.8 Å². The van der Waals surface area contributed by atoms with Crippen molar-refractivity contribution in [1.29, 1.82) is 0 Å². The van der Waals surface area contributed by atoms with Crippen molar-refractivity contribution in [3.8, 4) is 11.5 Å². The molecule has 350 valence electrons. The number of rotatable bonds is 13. The van der Waals surface area contributed by atoms with Crippen molar-refractivity contribution in [2.24, 2.45) is 5.92 Å². The Balaban J connectivity index is 0.000000379. The third kappa shape index (κ3) is 20.0. The number of carbonyl (C=O) groups excluding carboxylic acids is 1. The molecule has 0 bridgehead atoms. The van der Waals surface area contributed by atoms with E-state index in [1.54, 1.807) is 60.7 Å². The topological polar surface area (TPSA) is 177 Å². The molecule has 0 unspecified atom stereocenters. The van der Waals surface area contributed by atoms with E-state index < -0.39 is 52.1 Å². The Kier molecular flexibility index (Phi) is 24.5. The first-order valence-corrected chi connectivity index (χ1v) is 24.4. The molecule has 0 saturated carbocycles. The minimum Gasteiger partial charge on any atom is -0.741 e. The molecule has 6 aromatic rings. The van der Waals surface area contributed by atoms with Gasteiger partial charge in [-0.3, -0.25) is 20.3 Å². The van der Waals surface area contributed by atoms with Crippen molar-refractivity contribution in [3.05, 3.63) is 192 Å². The number of benzene rings is 6. The molecule has 0 fully saturated rings. The van der Waals surface area contributed by atoms with Gasteiger partial charge in [-0.2, -0.15) is 13.2 Å². The standard InChI is InChI=1S/C23H24N3O6P.C18H15P.CHCl3.CHF3O3S.Ag/c1-17(2)23(25-24-22(27)18-13-15-19(16-14-18)26(28)29)33(30,31-20-9-5-3-6-10-20)32-21-11-7-4-8-12-21;1-4-10-16(11-5-1)19(17-12-6-2-7-13-17)18-14-8-3-9-15-18;2-1(3)4;2-1(3,4)8(5,6)7;/h3-17,23,25H,1-2H3,(H,24,27);1-15H;1H;(H,5,6,7);/q;;;;+1/t23-;;;;/m0..../s1. The second-order valence-electron chi connectivity index (χ2n) is 13.1. The number of amides is 1. The second kappa shape index (κ2) is 28.0. The van der Waals surface area contributed by atoms with Crippen molar-refractivity contribution in [2.75, 3.05) is 0 Å². The molecule has 0 aliphatic carbocycles. The van der Waals surface area contributed by atoms with E-state index in [0.29, 0.717) is 11.5 Å². The van der Waals surface area contributed by atoms with Crippen LogP contribution in [0.2, 0.25) is 0 Å². The number of alkyl halides is 6. The van der Waals surface area contributed by atoms with Crippen LogP contribution in [0.1, 0.15) is 24.2 Å². The first kappa shape index (κ1) is 56.8. The molecule has 6 aromatic carbocycles. The van der Waals surface area contributed by atoms with Crippen LogP contribution in [0.15, 0.2) is 176 Å². The van der Waals surface area contributed by atoms with Crippen LogP contribution in [0.25, 0.3) is 0 Å². The van der Waals surface area contributed by atoms with Gasteiger partial charge in [-0.05, 0) is 78.7 Å². The number of carbonyl (C=O) groups is 1. The zero-order chi connectivity index (χ0) is 47.3. The molecule has 6 rings (SSSR count). The summed E-state index contributed by atoms with van der Waals surface area (Å²) in [7, 11) is -10.9. The maximum Gasteiger partial charge on any atom is 1.00 e. The Bertz CT molecular complexity index is 2340. The summed E-state index contributed by atoms with van der Waals surface area (Å²) in [5, 5.41) is 15.1. The van der Waals surface area contributed by atoms with Gasteiger partial charge in [0.15, 0.2) is 20.2 Å². The van der Waals surface area contributed by atoms with E-state index in [2.05, 4.69) is 102 Å². The van der Waals surface area contributed by atoms with Crippen molar-refractivity contribution < 1.29 is 71.9 Å². The number of hydrazine groups is 1. The molecule has 1 atom stereocenters. The Morgan fingerprint density at radius 3 is 1.26 bits per heavy atom. The Morgan fingerprint density at radius 2 is 0.985 bits per heavy atom. The number of nitrogens with zero attached hydrogens (tertiary/aromatic N) is 1. The minimum absolute atomic E-state index is 0.